The van der Waals surface area contributed by atoms with Crippen molar-refractivity contribution in [1.82, 2.24) is 15.1 Å². The smallest absolute Gasteiger partial charge is 0.205 e. The zero-order chi connectivity index (χ0) is 12.7. The van der Waals surface area contributed by atoms with Crippen LogP contribution in [0.15, 0.2) is 0 Å². The highest BCUT2D eigenvalue weighted by Gasteiger charge is 2.12. The molecule has 0 bridgehead atoms. The first-order valence-corrected chi connectivity index (χ1v) is 6.66. The van der Waals surface area contributed by atoms with Gasteiger partial charge < -0.3 is 5.32 Å². The van der Waals surface area contributed by atoms with E-state index in [9.17, 15) is 0 Å². The largest absolute Gasteiger partial charge is 0.360 e. The molecule has 0 aliphatic carbocycles. The summed E-state index contributed by atoms with van der Waals surface area (Å²) < 4.78 is 0. The van der Waals surface area contributed by atoms with Crippen LogP contribution in [0.4, 0.5) is 5.13 Å². The van der Waals surface area contributed by atoms with Crippen LogP contribution >= 0.6 is 11.3 Å². The molecule has 0 aliphatic rings. The molecule has 0 amide bonds. The number of rotatable bonds is 7. The van der Waals surface area contributed by atoms with Crippen molar-refractivity contribution < 1.29 is 0 Å². The van der Waals surface area contributed by atoms with Gasteiger partial charge in [0.15, 0.2) is 0 Å². The molecule has 0 aromatic carbocycles. The number of hydrogen-bond acceptors (Lipinski definition) is 6. The van der Waals surface area contributed by atoms with Crippen LogP contribution in [0.1, 0.15) is 32.2 Å². The lowest BCUT2D eigenvalue weighted by molar-refractivity contribution is 0.217. The Balaban J connectivity index is 2.56. The predicted octanol–water partition coefficient (Wildman–Crippen LogP) is 2.09. The second-order valence-corrected chi connectivity index (χ2v) is 5.07. The van der Waals surface area contributed by atoms with Crippen LogP contribution < -0.4 is 5.32 Å². The van der Waals surface area contributed by atoms with Gasteiger partial charge in [-0.2, -0.15) is 5.26 Å². The van der Waals surface area contributed by atoms with Crippen molar-refractivity contribution in [2.45, 2.75) is 39.8 Å². The Labute approximate surface area is 106 Å². The standard InChI is InChI=1S/C11H19N5S/c1-4-13-11-15-14-10(17-11)8-16(9(2)3)7-5-6-12/h9H,4-5,7-8H2,1-3H3,(H,13,15). The summed E-state index contributed by atoms with van der Waals surface area (Å²) in [5.41, 5.74) is 0. The number of nitrogens with zero attached hydrogens (tertiary/aromatic N) is 4. The van der Waals surface area contributed by atoms with Gasteiger partial charge in [-0.25, -0.2) is 0 Å². The van der Waals surface area contributed by atoms with Crippen molar-refractivity contribution in [1.29, 1.82) is 5.26 Å². The Morgan fingerprint density at radius 2 is 2.24 bits per heavy atom. The number of aromatic nitrogens is 2. The third kappa shape index (κ3) is 4.67. The molecule has 94 valence electrons. The second-order valence-electron chi connectivity index (χ2n) is 4.00. The minimum atomic E-state index is 0.412. The number of anilines is 1. The van der Waals surface area contributed by atoms with Gasteiger partial charge in [-0.15, -0.1) is 10.2 Å². The topological polar surface area (TPSA) is 64.8 Å². The Morgan fingerprint density at radius 1 is 1.47 bits per heavy atom. The average Bonchev–Trinajstić information content (AvgIpc) is 2.72. The van der Waals surface area contributed by atoms with Crippen molar-refractivity contribution in [3.63, 3.8) is 0 Å². The van der Waals surface area contributed by atoms with E-state index < -0.39 is 0 Å². The van der Waals surface area contributed by atoms with Crippen LogP contribution in [0.2, 0.25) is 0 Å². The Kier molecular flexibility index (Phi) is 5.87. The third-order valence-corrected chi connectivity index (χ3v) is 3.24. The van der Waals surface area contributed by atoms with E-state index in [4.69, 9.17) is 5.26 Å². The van der Waals surface area contributed by atoms with Crippen molar-refractivity contribution in [2.24, 2.45) is 0 Å². The number of hydrogen-bond donors (Lipinski definition) is 1. The maximum atomic E-state index is 8.63. The van der Waals surface area contributed by atoms with Crippen molar-refractivity contribution in [3.8, 4) is 6.07 Å². The van der Waals surface area contributed by atoms with Crippen LogP contribution in [0, 0.1) is 11.3 Å². The number of nitrogens with one attached hydrogen (secondary N) is 1. The zero-order valence-corrected chi connectivity index (χ0v) is 11.4. The van der Waals surface area contributed by atoms with E-state index in [0.29, 0.717) is 12.5 Å². The van der Waals surface area contributed by atoms with E-state index in [1.54, 1.807) is 11.3 Å². The van der Waals surface area contributed by atoms with Gasteiger partial charge in [0.05, 0.1) is 12.6 Å². The van der Waals surface area contributed by atoms with Gasteiger partial charge >= 0.3 is 0 Å². The van der Waals surface area contributed by atoms with Crippen molar-refractivity contribution >= 4 is 16.5 Å². The lowest BCUT2D eigenvalue weighted by Crippen LogP contribution is -2.31. The molecule has 1 heterocycles. The van der Waals surface area contributed by atoms with E-state index in [1.165, 1.54) is 0 Å². The molecule has 0 fully saturated rings. The molecule has 0 spiro atoms. The average molecular weight is 253 g/mol. The van der Waals surface area contributed by atoms with Gasteiger partial charge in [0.25, 0.3) is 0 Å². The van der Waals surface area contributed by atoms with Crippen molar-refractivity contribution in [2.75, 3.05) is 18.4 Å². The minimum Gasteiger partial charge on any atom is -0.360 e. The first-order valence-electron chi connectivity index (χ1n) is 5.84. The molecule has 0 atom stereocenters. The van der Waals surface area contributed by atoms with Crippen molar-refractivity contribution in [3.05, 3.63) is 5.01 Å². The SMILES string of the molecule is CCNc1nnc(CN(CCC#N)C(C)C)s1. The van der Waals surface area contributed by atoms with Crippen LogP contribution in [0.3, 0.4) is 0 Å². The van der Waals surface area contributed by atoms with Gasteiger partial charge in [-0.05, 0) is 20.8 Å². The second kappa shape index (κ2) is 7.20. The fourth-order valence-electron chi connectivity index (χ4n) is 1.43. The summed E-state index contributed by atoms with van der Waals surface area (Å²) in [7, 11) is 0. The van der Waals surface area contributed by atoms with Gasteiger partial charge in [-0.3, -0.25) is 4.90 Å². The summed E-state index contributed by atoms with van der Waals surface area (Å²) in [5, 5.41) is 21.8. The first-order chi connectivity index (χ1) is 8.17. The van der Waals surface area contributed by atoms with Gasteiger partial charge in [0.2, 0.25) is 5.13 Å². The molecule has 0 saturated heterocycles. The first kappa shape index (κ1) is 13.9. The maximum absolute atomic E-state index is 8.63. The molecule has 6 heteroatoms. The fraction of sp³-hybridized carbons (Fsp3) is 0.727. The minimum absolute atomic E-state index is 0.412. The monoisotopic (exact) mass is 253 g/mol. The van der Waals surface area contributed by atoms with Crippen LogP contribution in [0.5, 0.6) is 0 Å². The Morgan fingerprint density at radius 3 is 2.82 bits per heavy atom. The summed E-state index contributed by atoms with van der Waals surface area (Å²) in [4.78, 5) is 2.24. The van der Waals surface area contributed by atoms with Gasteiger partial charge in [0, 0.05) is 25.6 Å². The van der Waals surface area contributed by atoms with E-state index in [2.05, 4.69) is 40.3 Å². The molecule has 1 aromatic heterocycles. The summed E-state index contributed by atoms with van der Waals surface area (Å²) in [5.74, 6) is 0. The highest BCUT2D eigenvalue weighted by molar-refractivity contribution is 7.15. The predicted molar refractivity (Wildman–Crippen MR) is 69.8 cm³/mol. The molecule has 0 saturated carbocycles. The Hall–Kier alpha value is -1.19. The number of nitriles is 1. The van der Waals surface area contributed by atoms with Gasteiger partial charge in [-0.1, -0.05) is 11.3 Å². The van der Waals surface area contributed by atoms with Crippen LogP contribution in [0.25, 0.3) is 0 Å². The molecule has 0 radical (unpaired) electrons. The fourth-order valence-corrected chi connectivity index (χ4v) is 2.26. The summed E-state index contributed by atoms with van der Waals surface area (Å²) in [6.07, 6.45) is 0.553. The summed E-state index contributed by atoms with van der Waals surface area (Å²) in [6, 6.07) is 2.59. The normalized spacial score (nSPS) is 10.8. The molecule has 17 heavy (non-hydrogen) atoms. The molecule has 0 unspecified atom stereocenters. The summed E-state index contributed by atoms with van der Waals surface area (Å²) in [6.45, 7) is 8.70. The lowest BCUT2D eigenvalue weighted by atomic mass is 10.3. The van der Waals surface area contributed by atoms with Gasteiger partial charge in [0.1, 0.15) is 5.01 Å². The molecule has 1 N–H and O–H groups in total. The van der Waals surface area contributed by atoms with E-state index >= 15 is 0 Å². The quantitative estimate of drug-likeness (QED) is 0.806. The van der Waals surface area contributed by atoms with Crippen LogP contribution in [-0.4, -0.2) is 34.2 Å². The molecule has 1 rings (SSSR count). The molecular weight excluding hydrogens is 234 g/mol. The van der Waals surface area contributed by atoms with Crippen LogP contribution in [-0.2, 0) is 6.54 Å². The highest BCUT2D eigenvalue weighted by Crippen LogP contribution is 2.17. The molecule has 1 aromatic rings. The van der Waals surface area contributed by atoms with E-state index in [0.717, 1.165) is 29.8 Å². The third-order valence-electron chi connectivity index (χ3n) is 2.37. The molecule has 5 nitrogen and oxygen atoms in total. The van der Waals surface area contributed by atoms with E-state index in [-0.39, 0.29) is 0 Å². The highest BCUT2D eigenvalue weighted by atomic mass is 32.1. The van der Waals surface area contributed by atoms with E-state index in [1.807, 2.05) is 6.92 Å². The summed E-state index contributed by atoms with van der Waals surface area (Å²) >= 11 is 1.58. The molecule has 0 aliphatic heterocycles. The maximum Gasteiger partial charge on any atom is 0.205 e. The Bertz CT molecular complexity index is 368. The molecular formula is C11H19N5S. The lowest BCUT2D eigenvalue weighted by Gasteiger charge is -2.23. The zero-order valence-electron chi connectivity index (χ0n) is 10.6.